The van der Waals surface area contributed by atoms with Crippen LogP contribution in [0.4, 0.5) is 0 Å². The highest BCUT2D eigenvalue weighted by Crippen LogP contribution is 2.48. The normalized spacial score (nSPS) is 11.6. The van der Waals surface area contributed by atoms with Crippen LogP contribution in [0.1, 0.15) is 94.7 Å². The number of benzene rings is 4. The van der Waals surface area contributed by atoms with Gasteiger partial charge in [0.15, 0.2) is 5.78 Å². The molecule has 6 aromatic rings. The lowest BCUT2D eigenvalue weighted by atomic mass is 9.87. The van der Waals surface area contributed by atoms with Gasteiger partial charge in [-0.15, -0.1) is 12.4 Å². The van der Waals surface area contributed by atoms with Gasteiger partial charge in [-0.2, -0.15) is 0 Å². The van der Waals surface area contributed by atoms with Gasteiger partial charge in [-0.05, 0) is 154 Å². The Morgan fingerprint density at radius 1 is 0.574 bits per heavy atom. The minimum atomic E-state index is -0.0607. The predicted molar refractivity (Wildman–Crippen MR) is 289 cm³/mol. The molecule has 2 aromatic heterocycles. The van der Waals surface area contributed by atoms with Crippen LogP contribution < -0.4 is 9.47 Å². The average Bonchev–Trinajstić information content (AvgIpc) is 3.81. The fourth-order valence-electron chi connectivity index (χ4n) is 7.86. The zero-order valence-corrected chi connectivity index (χ0v) is 45.5. The van der Waals surface area contributed by atoms with E-state index in [2.05, 4.69) is 166 Å². The summed E-state index contributed by atoms with van der Waals surface area (Å²) < 4.78 is 30.3. The van der Waals surface area contributed by atoms with Crippen molar-refractivity contribution in [1.29, 1.82) is 0 Å². The van der Waals surface area contributed by atoms with E-state index in [9.17, 15) is 0 Å². The Morgan fingerprint density at radius 2 is 0.951 bits per heavy atom. The number of carbonyl (C=O) groups is 1. The first-order valence-corrected chi connectivity index (χ1v) is 25.7. The van der Waals surface area contributed by atoms with E-state index in [0.717, 1.165) is 159 Å². The van der Waals surface area contributed by atoms with Gasteiger partial charge in [0.1, 0.15) is 47.4 Å². The lowest BCUT2D eigenvalue weighted by molar-refractivity contribution is 0.103. The molecule has 4 aromatic carbocycles. The highest BCUT2D eigenvalue weighted by atomic mass is 127. The molecule has 0 atom stereocenters. The summed E-state index contributed by atoms with van der Waals surface area (Å²) in [6.45, 7) is 19.7. The minimum absolute atomic E-state index is 0. The SMILES string of the molecule is CCCCc1oc2ccccc2c1-c1c(C(=O)c2cc(I)c(OCCN(CC)CC)c(I)c2-c2c(CCCC)oc3ccccc23)cc(I)c(OCCN(CC)CC)c1I.Cl. The predicted octanol–water partition coefficient (Wildman–Crippen LogP) is 14.7. The van der Waals surface area contributed by atoms with Crippen LogP contribution in [0.25, 0.3) is 44.2 Å². The third kappa shape index (κ3) is 11.3. The van der Waals surface area contributed by atoms with E-state index < -0.39 is 0 Å². The highest BCUT2D eigenvalue weighted by molar-refractivity contribution is 14.1. The molecule has 0 amide bonds. The molecule has 0 radical (unpaired) electrons. The van der Waals surface area contributed by atoms with Crippen LogP contribution in [-0.2, 0) is 12.8 Å². The number of carbonyl (C=O) groups excluding carboxylic acids is 1. The number of halogens is 5. The summed E-state index contributed by atoms with van der Waals surface area (Å²) in [6, 6.07) is 20.5. The van der Waals surface area contributed by atoms with Crippen molar-refractivity contribution >= 4 is 130 Å². The lowest BCUT2D eigenvalue weighted by Gasteiger charge is -2.23. The van der Waals surface area contributed by atoms with Crippen molar-refractivity contribution in [3.8, 4) is 33.8 Å². The molecule has 12 heteroatoms. The number of para-hydroxylation sites is 2. The number of likely N-dealkylation sites (N-methyl/N-ethyl adjacent to an activating group) is 2. The monoisotopic (exact) mass is 1300 g/mol. The summed E-state index contributed by atoms with van der Waals surface area (Å²) in [7, 11) is 0. The molecule has 0 spiro atoms. The van der Waals surface area contributed by atoms with Crippen LogP contribution in [-0.4, -0.2) is 68.1 Å². The molecule has 0 bridgehead atoms. The van der Waals surface area contributed by atoms with E-state index in [1.807, 2.05) is 36.4 Å². The summed E-state index contributed by atoms with van der Waals surface area (Å²) in [6.07, 6.45) is 5.50. The maximum Gasteiger partial charge on any atom is 0.194 e. The van der Waals surface area contributed by atoms with Gasteiger partial charge >= 0.3 is 0 Å². The largest absolute Gasteiger partial charge is 0.490 e. The van der Waals surface area contributed by atoms with Crippen LogP contribution in [0.5, 0.6) is 11.5 Å². The standard InChI is InChI=1S/C49H56I4N2O5.ClH/c1-7-13-21-39-41(31-19-15-17-23-37(31)59-39)43-33(29-35(50)48(45(43)52)57-27-25-54(9-3)10-4)47(56)34-30-36(51)49(58-28-26-55(11-5)12-6)46(53)44(34)42-32-20-16-18-24-38(32)60-40(42)22-14-8-2;/h15-20,23-24,29-30H,7-14,21-22,25-28H2,1-6H3;1H. The molecule has 0 saturated heterocycles. The average molecular weight is 1300 g/mol. The van der Waals surface area contributed by atoms with Gasteiger partial charge in [-0.1, -0.05) is 90.8 Å². The van der Waals surface area contributed by atoms with Crippen molar-refractivity contribution < 1.29 is 23.1 Å². The molecule has 61 heavy (non-hydrogen) atoms. The summed E-state index contributed by atoms with van der Waals surface area (Å²) in [5.41, 5.74) is 6.52. The molecule has 0 aliphatic heterocycles. The van der Waals surface area contributed by atoms with Crippen molar-refractivity contribution in [2.45, 2.75) is 80.1 Å². The fourth-order valence-corrected chi connectivity index (χ4v) is 12.4. The molecule has 328 valence electrons. The second-order valence-corrected chi connectivity index (χ2v) is 19.4. The first-order chi connectivity index (χ1) is 29.1. The number of unbranched alkanes of at least 4 members (excludes halogenated alkanes) is 2. The third-order valence-corrected chi connectivity index (χ3v) is 15.0. The zero-order chi connectivity index (χ0) is 42.9. The van der Waals surface area contributed by atoms with Crippen LogP contribution in [0.2, 0.25) is 0 Å². The molecule has 6 rings (SSSR count). The number of ether oxygens (including phenoxy) is 2. The maximum atomic E-state index is 16.0. The van der Waals surface area contributed by atoms with Gasteiger partial charge in [0.25, 0.3) is 0 Å². The minimum Gasteiger partial charge on any atom is -0.490 e. The van der Waals surface area contributed by atoms with E-state index in [1.165, 1.54) is 0 Å². The van der Waals surface area contributed by atoms with Crippen molar-refractivity contribution in [1.82, 2.24) is 9.80 Å². The quantitative estimate of drug-likeness (QED) is 0.0495. The molecule has 0 unspecified atom stereocenters. The van der Waals surface area contributed by atoms with E-state index in [4.69, 9.17) is 18.3 Å². The number of aryl methyl sites for hydroxylation is 2. The molecule has 0 saturated carbocycles. The van der Waals surface area contributed by atoms with Crippen LogP contribution >= 0.6 is 103 Å². The molecule has 2 heterocycles. The Labute approximate surface area is 422 Å². The van der Waals surface area contributed by atoms with Gasteiger partial charge in [0.05, 0.1) is 14.3 Å². The van der Waals surface area contributed by atoms with E-state index in [0.29, 0.717) is 24.3 Å². The summed E-state index contributed by atoms with van der Waals surface area (Å²) in [5.74, 6) is 3.32. The number of hydrogen-bond acceptors (Lipinski definition) is 7. The number of rotatable bonds is 22. The van der Waals surface area contributed by atoms with Gasteiger partial charge < -0.3 is 28.1 Å². The Balaban J connectivity index is 0.00000704. The van der Waals surface area contributed by atoms with Gasteiger partial charge in [-0.25, -0.2) is 0 Å². The number of ketones is 1. The first-order valence-electron chi connectivity index (χ1n) is 21.4. The van der Waals surface area contributed by atoms with Crippen LogP contribution in [0.3, 0.4) is 0 Å². The Morgan fingerprint density at radius 3 is 1.31 bits per heavy atom. The van der Waals surface area contributed by atoms with Gasteiger partial charge in [0, 0.05) is 70.1 Å². The zero-order valence-electron chi connectivity index (χ0n) is 36.0. The van der Waals surface area contributed by atoms with Crippen molar-refractivity contribution in [3.05, 3.63) is 97.6 Å². The number of nitrogens with zero attached hydrogens (tertiary/aromatic N) is 2. The summed E-state index contributed by atoms with van der Waals surface area (Å²) >= 11 is 9.57. The van der Waals surface area contributed by atoms with Crippen molar-refractivity contribution in [2.75, 3.05) is 52.5 Å². The van der Waals surface area contributed by atoms with Crippen molar-refractivity contribution in [3.63, 3.8) is 0 Å². The van der Waals surface area contributed by atoms with Gasteiger partial charge in [-0.3, -0.25) is 4.79 Å². The second kappa shape index (κ2) is 24.0. The first kappa shape index (κ1) is 50.4. The molecule has 0 aliphatic rings. The molecular weight excluding hydrogens is 1240 g/mol. The summed E-state index contributed by atoms with van der Waals surface area (Å²) in [4.78, 5) is 20.7. The molecular formula is C49H57ClI4N2O5. The number of fused-ring (bicyclic) bond motifs is 2. The van der Waals surface area contributed by atoms with Crippen molar-refractivity contribution in [2.24, 2.45) is 0 Å². The number of hydrogen-bond donors (Lipinski definition) is 0. The fraction of sp³-hybridized carbons (Fsp3) is 0.408. The third-order valence-electron chi connectivity index (χ3n) is 11.3. The smallest absolute Gasteiger partial charge is 0.194 e. The Hall–Kier alpha value is -1.64. The summed E-state index contributed by atoms with van der Waals surface area (Å²) in [5, 5.41) is 1.99. The maximum absolute atomic E-state index is 16.0. The van der Waals surface area contributed by atoms with Crippen LogP contribution in [0.15, 0.2) is 69.5 Å². The molecule has 0 aliphatic carbocycles. The second-order valence-electron chi connectivity index (χ2n) is 14.9. The highest BCUT2D eigenvalue weighted by Gasteiger charge is 2.32. The Kier molecular flexibility index (Phi) is 19.9. The van der Waals surface area contributed by atoms with E-state index in [1.54, 1.807) is 0 Å². The molecule has 7 nitrogen and oxygen atoms in total. The topological polar surface area (TPSA) is 68.3 Å². The van der Waals surface area contributed by atoms with Gasteiger partial charge in [0.2, 0.25) is 0 Å². The van der Waals surface area contributed by atoms with Crippen LogP contribution in [0, 0.1) is 14.3 Å². The Bertz CT molecular complexity index is 2250. The molecule has 0 fully saturated rings. The number of furan rings is 2. The van der Waals surface area contributed by atoms with E-state index >= 15 is 4.79 Å². The molecule has 0 N–H and O–H groups in total. The lowest BCUT2D eigenvalue weighted by Crippen LogP contribution is -2.28. The van der Waals surface area contributed by atoms with E-state index in [-0.39, 0.29) is 18.2 Å².